The third-order valence-corrected chi connectivity index (χ3v) is 6.12. The van der Waals surface area contributed by atoms with E-state index in [1.54, 1.807) is 0 Å². The first-order chi connectivity index (χ1) is 10.1. The number of carbonyl (C=O) groups excluding carboxylic acids is 1. The summed E-state index contributed by atoms with van der Waals surface area (Å²) in [6.07, 6.45) is 11.6. The molecule has 1 aliphatic carbocycles. The van der Waals surface area contributed by atoms with Gasteiger partial charge in [-0.25, -0.2) is 0 Å². The average molecular weight is 293 g/mol. The minimum Gasteiger partial charge on any atom is -0.353 e. The molecule has 0 aromatic heterocycles. The predicted molar refractivity (Wildman–Crippen MR) is 84.9 cm³/mol. The quantitative estimate of drug-likeness (QED) is 0.837. The molecule has 3 aliphatic rings. The maximum absolute atomic E-state index is 12.3. The normalized spacial score (nSPS) is 40.8. The van der Waals surface area contributed by atoms with Crippen molar-refractivity contribution < 1.29 is 4.79 Å². The summed E-state index contributed by atoms with van der Waals surface area (Å²) in [6, 6.07) is 1.99. The Bertz CT molecular complexity index is 359. The van der Waals surface area contributed by atoms with Crippen molar-refractivity contribution in [3.63, 3.8) is 0 Å². The molecule has 4 heteroatoms. The lowest BCUT2D eigenvalue weighted by molar-refractivity contribution is -0.123. The summed E-state index contributed by atoms with van der Waals surface area (Å²) >= 11 is 0. The Balaban J connectivity index is 1.49. The van der Waals surface area contributed by atoms with E-state index in [1.807, 2.05) is 0 Å². The third kappa shape index (κ3) is 3.59. The van der Waals surface area contributed by atoms with Crippen LogP contribution < -0.4 is 11.1 Å². The second-order valence-electron chi connectivity index (χ2n) is 7.55. The summed E-state index contributed by atoms with van der Waals surface area (Å²) in [6.45, 7) is 0. The topological polar surface area (TPSA) is 58.4 Å². The molecule has 120 valence electrons. The van der Waals surface area contributed by atoms with Gasteiger partial charge < -0.3 is 16.0 Å². The average Bonchev–Trinajstić information content (AvgIpc) is 2.42. The van der Waals surface area contributed by atoms with Crippen molar-refractivity contribution in [1.29, 1.82) is 0 Å². The van der Waals surface area contributed by atoms with Gasteiger partial charge in [-0.05, 0) is 51.5 Å². The number of piperidine rings is 2. The van der Waals surface area contributed by atoms with Gasteiger partial charge >= 0.3 is 0 Å². The molecule has 0 radical (unpaired) electrons. The van der Waals surface area contributed by atoms with Crippen molar-refractivity contribution in [2.45, 2.75) is 88.4 Å². The van der Waals surface area contributed by atoms with E-state index in [1.165, 1.54) is 32.1 Å². The first kappa shape index (κ1) is 15.3. The monoisotopic (exact) mass is 293 g/mol. The van der Waals surface area contributed by atoms with Gasteiger partial charge in [-0.15, -0.1) is 0 Å². The van der Waals surface area contributed by atoms with Crippen LogP contribution in [0.2, 0.25) is 0 Å². The molecule has 3 fully saturated rings. The summed E-state index contributed by atoms with van der Waals surface area (Å²) in [5.74, 6) is 0.648. The van der Waals surface area contributed by atoms with E-state index in [4.69, 9.17) is 5.73 Å². The van der Waals surface area contributed by atoms with E-state index in [0.29, 0.717) is 30.5 Å². The summed E-state index contributed by atoms with van der Waals surface area (Å²) in [4.78, 5) is 14.9. The van der Waals surface area contributed by atoms with Gasteiger partial charge in [-0.3, -0.25) is 4.79 Å². The highest BCUT2D eigenvalue weighted by Gasteiger charge is 2.36. The fourth-order valence-corrected chi connectivity index (χ4v) is 4.75. The fourth-order valence-electron chi connectivity index (χ4n) is 4.75. The molecule has 3 rings (SSSR count). The van der Waals surface area contributed by atoms with E-state index in [0.717, 1.165) is 25.7 Å². The Morgan fingerprint density at radius 3 is 2.43 bits per heavy atom. The van der Waals surface area contributed by atoms with Crippen molar-refractivity contribution in [3.8, 4) is 0 Å². The van der Waals surface area contributed by atoms with Crippen LogP contribution in [0.15, 0.2) is 0 Å². The highest BCUT2D eigenvalue weighted by atomic mass is 16.1. The van der Waals surface area contributed by atoms with Crippen molar-refractivity contribution in [2.75, 3.05) is 7.05 Å². The summed E-state index contributed by atoms with van der Waals surface area (Å²) in [5.41, 5.74) is 6.17. The molecule has 2 bridgehead atoms. The summed E-state index contributed by atoms with van der Waals surface area (Å²) < 4.78 is 0. The molecule has 3 N–H and O–H groups in total. The van der Waals surface area contributed by atoms with Crippen molar-refractivity contribution in [1.82, 2.24) is 10.2 Å². The molecule has 1 saturated carbocycles. The third-order valence-electron chi connectivity index (χ3n) is 6.12. The largest absolute Gasteiger partial charge is 0.353 e. The number of hydrogen-bond acceptors (Lipinski definition) is 3. The minimum atomic E-state index is 0.237. The van der Waals surface area contributed by atoms with Crippen molar-refractivity contribution in [2.24, 2.45) is 11.7 Å². The van der Waals surface area contributed by atoms with Crippen LogP contribution in [0.4, 0.5) is 0 Å². The first-order valence-corrected chi connectivity index (χ1v) is 8.90. The number of nitrogens with zero attached hydrogens (tertiary/aromatic N) is 1. The second-order valence-corrected chi connectivity index (χ2v) is 7.55. The van der Waals surface area contributed by atoms with Crippen LogP contribution in [0.3, 0.4) is 0 Å². The second kappa shape index (κ2) is 6.66. The highest BCUT2D eigenvalue weighted by Crippen LogP contribution is 2.33. The fraction of sp³-hybridized carbons (Fsp3) is 0.941. The van der Waals surface area contributed by atoms with Crippen LogP contribution in [-0.2, 0) is 4.79 Å². The summed E-state index contributed by atoms with van der Waals surface area (Å²) in [5, 5.41) is 3.31. The van der Waals surface area contributed by atoms with E-state index >= 15 is 0 Å². The van der Waals surface area contributed by atoms with Crippen molar-refractivity contribution in [3.05, 3.63) is 0 Å². The van der Waals surface area contributed by atoms with Crippen LogP contribution in [0.1, 0.15) is 64.2 Å². The maximum Gasteiger partial charge on any atom is 0.220 e. The smallest absolute Gasteiger partial charge is 0.220 e. The Morgan fingerprint density at radius 1 is 1.10 bits per heavy atom. The number of amides is 1. The molecular formula is C17H31N3O. The molecule has 0 aromatic rings. The lowest BCUT2D eigenvalue weighted by atomic mass is 9.81. The molecule has 4 atom stereocenters. The van der Waals surface area contributed by atoms with Gasteiger partial charge in [-0.2, -0.15) is 0 Å². The molecule has 1 amide bonds. The standard InChI is InChI=1S/C17H31N3O/c1-20-14-6-4-7-15(20)11-13(10-14)19-17(21)9-12-5-2-3-8-16(12)18/h12-16H,2-11,18H2,1H3,(H,19,21). The molecule has 0 spiro atoms. The SMILES string of the molecule is CN1C2CCCC1CC(NC(=O)CC1CCCCC1N)C2. The Labute approximate surface area is 128 Å². The molecular weight excluding hydrogens is 262 g/mol. The number of nitrogens with two attached hydrogens (primary N) is 1. The van der Waals surface area contributed by atoms with Gasteiger partial charge in [0.1, 0.15) is 0 Å². The van der Waals surface area contributed by atoms with Crippen LogP contribution in [-0.4, -0.2) is 42.0 Å². The van der Waals surface area contributed by atoms with Gasteiger partial charge in [0.2, 0.25) is 5.91 Å². The van der Waals surface area contributed by atoms with Gasteiger partial charge in [0.15, 0.2) is 0 Å². The number of nitrogens with one attached hydrogen (secondary N) is 1. The first-order valence-electron chi connectivity index (χ1n) is 8.90. The molecule has 0 aromatic carbocycles. The number of hydrogen-bond donors (Lipinski definition) is 2. The minimum absolute atomic E-state index is 0.237. The molecule has 2 heterocycles. The van der Waals surface area contributed by atoms with E-state index in [-0.39, 0.29) is 11.9 Å². The zero-order valence-corrected chi connectivity index (χ0v) is 13.4. The number of carbonyl (C=O) groups is 1. The lowest BCUT2D eigenvalue weighted by Crippen LogP contribution is -2.55. The Kier molecular flexibility index (Phi) is 4.85. The molecule has 2 saturated heterocycles. The van der Waals surface area contributed by atoms with E-state index in [2.05, 4.69) is 17.3 Å². The number of fused-ring (bicyclic) bond motifs is 2. The lowest BCUT2D eigenvalue weighted by Gasteiger charge is -2.47. The zero-order chi connectivity index (χ0) is 14.8. The van der Waals surface area contributed by atoms with Crippen LogP contribution in [0.5, 0.6) is 0 Å². The molecule has 2 aliphatic heterocycles. The van der Waals surface area contributed by atoms with Crippen LogP contribution >= 0.6 is 0 Å². The van der Waals surface area contributed by atoms with E-state index < -0.39 is 0 Å². The van der Waals surface area contributed by atoms with Gasteiger partial charge in [0.05, 0.1) is 0 Å². The predicted octanol–water partition coefficient (Wildman–Crippen LogP) is 2.03. The number of rotatable bonds is 3. The van der Waals surface area contributed by atoms with E-state index in [9.17, 15) is 4.79 Å². The highest BCUT2D eigenvalue weighted by molar-refractivity contribution is 5.76. The van der Waals surface area contributed by atoms with Crippen LogP contribution in [0, 0.1) is 5.92 Å². The Morgan fingerprint density at radius 2 is 1.76 bits per heavy atom. The van der Waals surface area contributed by atoms with Gasteiger partial charge in [0, 0.05) is 30.6 Å². The van der Waals surface area contributed by atoms with Crippen LogP contribution in [0.25, 0.3) is 0 Å². The summed E-state index contributed by atoms with van der Waals surface area (Å²) in [7, 11) is 2.26. The maximum atomic E-state index is 12.3. The molecule has 4 nitrogen and oxygen atoms in total. The Hall–Kier alpha value is -0.610. The molecule has 21 heavy (non-hydrogen) atoms. The van der Waals surface area contributed by atoms with Crippen molar-refractivity contribution >= 4 is 5.91 Å². The van der Waals surface area contributed by atoms with Gasteiger partial charge in [-0.1, -0.05) is 19.3 Å². The molecule has 4 unspecified atom stereocenters. The zero-order valence-electron chi connectivity index (χ0n) is 13.4. The van der Waals surface area contributed by atoms with Gasteiger partial charge in [0.25, 0.3) is 0 Å².